The molecule has 0 saturated carbocycles. The van der Waals surface area contributed by atoms with Crippen molar-refractivity contribution in [2.24, 2.45) is 7.05 Å². The third kappa shape index (κ3) is 4.53. The van der Waals surface area contributed by atoms with E-state index in [2.05, 4.69) is 4.98 Å². The molecule has 0 N–H and O–H groups in total. The van der Waals surface area contributed by atoms with Crippen molar-refractivity contribution < 1.29 is 9.66 Å². The van der Waals surface area contributed by atoms with Crippen molar-refractivity contribution in [2.75, 3.05) is 12.4 Å². The third-order valence-corrected chi connectivity index (χ3v) is 3.43. The molecule has 0 aliphatic rings. The Kier molecular flexibility index (Phi) is 6.53. The van der Waals surface area contributed by atoms with Crippen LogP contribution in [0.5, 0.6) is 5.75 Å². The Balaban J connectivity index is 0.00000200. The minimum atomic E-state index is -0.430. The smallest absolute Gasteiger partial charge is 0.269 e. The SMILES string of the molecule is Br.Cn1ccnc1SCCOc1ccc([N+](=O)[O-])cc1. The van der Waals surface area contributed by atoms with E-state index in [1.54, 1.807) is 30.1 Å². The fourth-order valence-electron chi connectivity index (χ4n) is 1.45. The van der Waals surface area contributed by atoms with E-state index in [4.69, 9.17) is 4.74 Å². The first-order valence-corrected chi connectivity index (χ1v) is 6.63. The van der Waals surface area contributed by atoms with Gasteiger partial charge in [-0.05, 0) is 12.1 Å². The number of thioether (sulfide) groups is 1. The predicted molar refractivity (Wildman–Crippen MR) is 82.8 cm³/mol. The average molecular weight is 360 g/mol. The van der Waals surface area contributed by atoms with Crippen LogP contribution in [0.4, 0.5) is 5.69 Å². The lowest BCUT2D eigenvalue weighted by Gasteiger charge is -2.05. The molecule has 1 aromatic heterocycles. The van der Waals surface area contributed by atoms with Crippen LogP contribution in [0.2, 0.25) is 0 Å². The Morgan fingerprint density at radius 3 is 2.65 bits per heavy atom. The topological polar surface area (TPSA) is 70.2 Å². The molecule has 0 aliphatic carbocycles. The summed E-state index contributed by atoms with van der Waals surface area (Å²) in [5.74, 6) is 1.40. The van der Waals surface area contributed by atoms with Crippen LogP contribution in [-0.2, 0) is 7.05 Å². The van der Waals surface area contributed by atoms with Crippen molar-refractivity contribution in [1.82, 2.24) is 9.55 Å². The van der Waals surface area contributed by atoms with E-state index < -0.39 is 4.92 Å². The highest BCUT2D eigenvalue weighted by Crippen LogP contribution is 2.18. The van der Waals surface area contributed by atoms with E-state index in [-0.39, 0.29) is 22.7 Å². The van der Waals surface area contributed by atoms with Crippen molar-refractivity contribution in [1.29, 1.82) is 0 Å². The van der Waals surface area contributed by atoms with E-state index in [1.807, 2.05) is 17.8 Å². The maximum absolute atomic E-state index is 10.5. The normalized spacial score (nSPS) is 9.85. The molecule has 0 atom stereocenters. The summed E-state index contributed by atoms with van der Waals surface area (Å²) in [6.07, 6.45) is 3.64. The summed E-state index contributed by atoms with van der Waals surface area (Å²) in [6, 6.07) is 6.07. The van der Waals surface area contributed by atoms with Crippen LogP contribution in [0.15, 0.2) is 41.8 Å². The van der Waals surface area contributed by atoms with Gasteiger partial charge in [-0.15, -0.1) is 17.0 Å². The van der Waals surface area contributed by atoms with Gasteiger partial charge >= 0.3 is 0 Å². The van der Waals surface area contributed by atoms with Crippen LogP contribution in [0.1, 0.15) is 0 Å². The summed E-state index contributed by atoms with van der Waals surface area (Å²) in [5, 5.41) is 11.4. The summed E-state index contributed by atoms with van der Waals surface area (Å²) in [6.45, 7) is 0.523. The molecular formula is C12H14BrN3O3S. The standard InChI is InChI=1S/C12H13N3O3S.BrH/c1-14-7-6-13-12(14)19-9-8-18-11-4-2-10(3-5-11)15(16)17;/h2-7H,8-9H2,1H3;1H. The number of nitro groups is 1. The van der Waals surface area contributed by atoms with Crippen LogP contribution in [0.25, 0.3) is 0 Å². The number of ether oxygens (including phenoxy) is 1. The van der Waals surface area contributed by atoms with E-state index >= 15 is 0 Å². The van der Waals surface area contributed by atoms with E-state index in [0.29, 0.717) is 12.4 Å². The molecule has 0 bridgehead atoms. The summed E-state index contributed by atoms with van der Waals surface area (Å²) in [4.78, 5) is 14.2. The molecule has 1 aromatic carbocycles. The minimum Gasteiger partial charge on any atom is -0.493 e. The number of aryl methyl sites for hydroxylation is 1. The third-order valence-electron chi connectivity index (χ3n) is 2.41. The molecule has 20 heavy (non-hydrogen) atoms. The molecule has 0 saturated heterocycles. The maximum atomic E-state index is 10.5. The van der Waals surface area contributed by atoms with Crippen LogP contribution >= 0.6 is 28.7 Å². The Bertz CT molecular complexity index is 559. The van der Waals surface area contributed by atoms with E-state index in [0.717, 1.165) is 10.9 Å². The number of non-ortho nitro benzene ring substituents is 1. The highest BCUT2D eigenvalue weighted by molar-refractivity contribution is 8.93. The zero-order chi connectivity index (χ0) is 13.7. The number of aromatic nitrogens is 2. The average Bonchev–Trinajstić information content (AvgIpc) is 2.81. The largest absolute Gasteiger partial charge is 0.493 e. The van der Waals surface area contributed by atoms with Crippen molar-refractivity contribution in [3.8, 4) is 5.75 Å². The monoisotopic (exact) mass is 359 g/mol. The molecule has 1 heterocycles. The number of nitro benzene ring substituents is 1. The Morgan fingerprint density at radius 2 is 2.10 bits per heavy atom. The molecule has 2 rings (SSSR count). The van der Waals surface area contributed by atoms with Crippen molar-refractivity contribution in [2.45, 2.75) is 5.16 Å². The predicted octanol–water partition coefficient (Wildman–Crippen LogP) is 3.08. The van der Waals surface area contributed by atoms with E-state index in [1.165, 1.54) is 12.1 Å². The molecule has 0 amide bonds. The number of rotatable bonds is 6. The van der Waals surface area contributed by atoms with Gasteiger partial charge in [0.05, 0.1) is 11.5 Å². The highest BCUT2D eigenvalue weighted by Gasteiger charge is 2.04. The number of hydrogen-bond acceptors (Lipinski definition) is 5. The number of halogens is 1. The lowest BCUT2D eigenvalue weighted by molar-refractivity contribution is -0.384. The first-order chi connectivity index (χ1) is 9.16. The van der Waals surface area contributed by atoms with Gasteiger partial charge in [0.15, 0.2) is 5.16 Å². The Labute approximate surface area is 131 Å². The van der Waals surface area contributed by atoms with Crippen LogP contribution in [0.3, 0.4) is 0 Å². The van der Waals surface area contributed by atoms with E-state index in [9.17, 15) is 10.1 Å². The molecule has 108 valence electrons. The van der Waals surface area contributed by atoms with Crippen molar-refractivity contribution >= 4 is 34.4 Å². The number of benzene rings is 1. The maximum Gasteiger partial charge on any atom is 0.269 e. The molecular weight excluding hydrogens is 346 g/mol. The first-order valence-electron chi connectivity index (χ1n) is 5.64. The number of nitrogens with zero attached hydrogens (tertiary/aromatic N) is 3. The van der Waals surface area contributed by atoms with Gasteiger partial charge < -0.3 is 9.30 Å². The van der Waals surface area contributed by atoms with Gasteiger partial charge in [0.25, 0.3) is 5.69 Å². The van der Waals surface area contributed by atoms with Gasteiger partial charge in [-0.3, -0.25) is 10.1 Å². The number of hydrogen-bond donors (Lipinski definition) is 0. The zero-order valence-electron chi connectivity index (χ0n) is 10.8. The minimum absolute atomic E-state index is 0. The number of imidazole rings is 1. The molecule has 2 aromatic rings. The lowest BCUT2D eigenvalue weighted by Crippen LogP contribution is -2.01. The second kappa shape index (κ2) is 7.91. The first kappa shape index (κ1) is 16.5. The van der Waals surface area contributed by atoms with Crippen LogP contribution in [-0.4, -0.2) is 26.8 Å². The van der Waals surface area contributed by atoms with Gasteiger partial charge in [0.1, 0.15) is 5.75 Å². The summed E-state index contributed by atoms with van der Waals surface area (Å²) in [7, 11) is 1.94. The fraction of sp³-hybridized carbons (Fsp3) is 0.250. The lowest BCUT2D eigenvalue weighted by atomic mass is 10.3. The molecule has 6 nitrogen and oxygen atoms in total. The molecule has 0 unspecified atom stereocenters. The molecule has 0 radical (unpaired) electrons. The molecule has 0 spiro atoms. The summed E-state index contributed by atoms with van der Waals surface area (Å²) < 4.78 is 7.44. The Morgan fingerprint density at radius 1 is 1.40 bits per heavy atom. The van der Waals surface area contributed by atoms with Gasteiger partial charge in [-0.2, -0.15) is 0 Å². The summed E-state index contributed by atoms with van der Waals surface area (Å²) >= 11 is 1.60. The van der Waals surface area contributed by atoms with Gasteiger partial charge in [0.2, 0.25) is 0 Å². The second-order valence-electron chi connectivity index (χ2n) is 3.77. The molecule has 8 heteroatoms. The van der Waals surface area contributed by atoms with Crippen molar-refractivity contribution in [3.63, 3.8) is 0 Å². The van der Waals surface area contributed by atoms with Crippen molar-refractivity contribution in [3.05, 3.63) is 46.8 Å². The van der Waals surface area contributed by atoms with Crippen LogP contribution < -0.4 is 4.74 Å². The molecule has 0 fully saturated rings. The fourth-order valence-corrected chi connectivity index (χ4v) is 2.20. The zero-order valence-corrected chi connectivity index (χ0v) is 13.3. The van der Waals surface area contributed by atoms with Gasteiger partial charge in [0, 0.05) is 37.3 Å². The second-order valence-corrected chi connectivity index (χ2v) is 4.83. The Hall–Kier alpha value is -1.54. The molecule has 0 aliphatic heterocycles. The quantitative estimate of drug-likeness (QED) is 0.343. The highest BCUT2D eigenvalue weighted by atomic mass is 79.9. The van der Waals surface area contributed by atoms with Crippen LogP contribution in [0, 0.1) is 10.1 Å². The summed E-state index contributed by atoms with van der Waals surface area (Å²) in [5.41, 5.74) is 0.0646. The van der Waals surface area contributed by atoms with Gasteiger partial charge in [-0.25, -0.2) is 4.98 Å². The van der Waals surface area contributed by atoms with Gasteiger partial charge in [-0.1, -0.05) is 11.8 Å².